The zero-order chi connectivity index (χ0) is 25.6. The van der Waals surface area contributed by atoms with Crippen LogP contribution in [0.3, 0.4) is 0 Å². The monoisotopic (exact) mass is 524 g/mol. The molecule has 5 atom stereocenters. The quantitative estimate of drug-likeness (QED) is 0.320. The molecule has 0 radical (unpaired) electrons. The summed E-state index contributed by atoms with van der Waals surface area (Å²) in [5.74, 6) is -0.304. The molecule has 0 unspecified atom stereocenters. The maximum absolute atomic E-state index is 12.7. The van der Waals surface area contributed by atoms with E-state index in [0.717, 1.165) is 11.6 Å². The molecule has 10 heteroatoms. The molecule has 1 aliphatic rings. The van der Waals surface area contributed by atoms with Gasteiger partial charge in [-0.25, -0.2) is 4.79 Å². The van der Waals surface area contributed by atoms with Gasteiger partial charge in [0.15, 0.2) is 6.29 Å². The number of hydrogen-bond donors (Lipinski definition) is 3. The maximum atomic E-state index is 12.7. The zero-order valence-corrected chi connectivity index (χ0v) is 21.9. The van der Waals surface area contributed by atoms with Crippen LogP contribution in [0.4, 0.5) is 0 Å². The molecular formula is C25H33ClO8Si. The van der Waals surface area contributed by atoms with Crippen LogP contribution in [0.5, 0.6) is 5.75 Å². The van der Waals surface area contributed by atoms with Crippen LogP contribution in [-0.4, -0.2) is 73.3 Å². The summed E-state index contributed by atoms with van der Waals surface area (Å²) in [5, 5.41) is 31.1. The Labute approximate surface area is 211 Å². The van der Waals surface area contributed by atoms with Gasteiger partial charge in [-0.15, -0.1) is 0 Å². The number of rotatable bonds is 10. The highest BCUT2D eigenvalue weighted by Gasteiger charge is 2.44. The second-order valence-corrected chi connectivity index (χ2v) is 15.8. The van der Waals surface area contributed by atoms with Crippen LogP contribution < -0.4 is 4.74 Å². The molecular weight excluding hydrogens is 492 g/mol. The first-order valence-electron chi connectivity index (χ1n) is 11.5. The fourth-order valence-corrected chi connectivity index (χ4v) is 4.37. The lowest BCUT2D eigenvalue weighted by atomic mass is 9.99. The SMILES string of the molecule is C[Si](C)(C)CCO[C@@H]1O[C@H](COC(=O)c2cc(Cl)cc(OCc3ccccc3)c2)[C@@H](O)[C@H](O)[C@H]1O. The summed E-state index contributed by atoms with van der Waals surface area (Å²) < 4.78 is 22.3. The second kappa shape index (κ2) is 12.3. The molecule has 1 aliphatic heterocycles. The molecule has 0 saturated carbocycles. The van der Waals surface area contributed by atoms with Gasteiger partial charge in [-0.3, -0.25) is 0 Å². The molecule has 35 heavy (non-hydrogen) atoms. The van der Waals surface area contributed by atoms with Crippen molar-refractivity contribution in [1.29, 1.82) is 0 Å². The van der Waals surface area contributed by atoms with E-state index in [1.165, 1.54) is 12.1 Å². The highest BCUT2D eigenvalue weighted by Crippen LogP contribution is 2.25. The summed E-state index contributed by atoms with van der Waals surface area (Å²) in [6, 6.07) is 14.9. The molecule has 1 saturated heterocycles. The Bertz CT molecular complexity index is 968. The molecule has 1 heterocycles. The van der Waals surface area contributed by atoms with Gasteiger partial charge in [0.2, 0.25) is 0 Å². The van der Waals surface area contributed by atoms with Crippen LogP contribution in [0.25, 0.3) is 0 Å². The van der Waals surface area contributed by atoms with Crippen LogP contribution in [0.2, 0.25) is 30.7 Å². The Balaban J connectivity index is 1.58. The van der Waals surface area contributed by atoms with Crippen molar-refractivity contribution in [2.24, 2.45) is 0 Å². The minimum Gasteiger partial charge on any atom is -0.489 e. The molecule has 0 aromatic heterocycles. The van der Waals surface area contributed by atoms with Crippen LogP contribution in [0.15, 0.2) is 48.5 Å². The largest absolute Gasteiger partial charge is 0.489 e. The van der Waals surface area contributed by atoms with Crippen molar-refractivity contribution in [2.75, 3.05) is 13.2 Å². The fourth-order valence-electron chi connectivity index (χ4n) is 3.42. The lowest BCUT2D eigenvalue weighted by molar-refractivity contribution is -0.299. The molecule has 0 aliphatic carbocycles. The van der Waals surface area contributed by atoms with Gasteiger partial charge in [0.25, 0.3) is 0 Å². The van der Waals surface area contributed by atoms with Gasteiger partial charge in [-0.2, -0.15) is 0 Å². The van der Waals surface area contributed by atoms with Gasteiger partial charge in [0, 0.05) is 19.7 Å². The molecule has 0 spiro atoms. The molecule has 2 aromatic rings. The number of aliphatic hydroxyl groups is 3. The second-order valence-electron chi connectivity index (χ2n) is 9.74. The number of hydrogen-bond acceptors (Lipinski definition) is 8. The van der Waals surface area contributed by atoms with Crippen molar-refractivity contribution in [3.8, 4) is 5.75 Å². The van der Waals surface area contributed by atoms with Gasteiger partial charge < -0.3 is 34.3 Å². The normalized spacial score (nSPS) is 24.7. The highest BCUT2D eigenvalue weighted by molar-refractivity contribution is 6.76. The standard InChI is InChI=1S/C25H33ClO8Si/c1-35(2,3)10-9-31-25-23(29)22(28)21(27)20(34-25)15-33-24(30)17-11-18(26)13-19(12-17)32-14-16-7-5-4-6-8-16/h4-8,11-13,20-23,25,27-29H,9-10,14-15H2,1-3H3/t20-,21-,22+,23-,25-/m1/s1. The third-order valence-electron chi connectivity index (χ3n) is 5.54. The predicted octanol–water partition coefficient (Wildman–Crippen LogP) is 3.24. The van der Waals surface area contributed by atoms with Gasteiger partial charge in [0.1, 0.15) is 43.4 Å². The minimum atomic E-state index is -1.51. The maximum Gasteiger partial charge on any atom is 0.338 e. The van der Waals surface area contributed by atoms with Crippen molar-refractivity contribution in [3.05, 3.63) is 64.7 Å². The van der Waals surface area contributed by atoms with Crippen LogP contribution >= 0.6 is 11.6 Å². The van der Waals surface area contributed by atoms with E-state index in [-0.39, 0.29) is 12.2 Å². The van der Waals surface area contributed by atoms with Crippen molar-refractivity contribution < 1.29 is 39.1 Å². The Morgan fingerprint density at radius 2 is 1.74 bits per heavy atom. The zero-order valence-electron chi connectivity index (χ0n) is 20.1. The van der Waals surface area contributed by atoms with Gasteiger partial charge in [0.05, 0.1) is 5.56 Å². The molecule has 0 bridgehead atoms. The predicted molar refractivity (Wildman–Crippen MR) is 133 cm³/mol. The smallest absolute Gasteiger partial charge is 0.338 e. The van der Waals surface area contributed by atoms with Crippen LogP contribution in [-0.2, 0) is 20.8 Å². The van der Waals surface area contributed by atoms with E-state index in [1.54, 1.807) is 6.07 Å². The summed E-state index contributed by atoms with van der Waals surface area (Å²) in [6.45, 7) is 6.85. The summed E-state index contributed by atoms with van der Waals surface area (Å²) in [4.78, 5) is 12.7. The minimum absolute atomic E-state index is 0.161. The lowest BCUT2D eigenvalue weighted by Crippen LogP contribution is -2.59. The number of ether oxygens (including phenoxy) is 4. The number of carbonyl (C=O) groups excluding carboxylic acids is 1. The van der Waals surface area contributed by atoms with E-state index in [2.05, 4.69) is 19.6 Å². The van der Waals surface area contributed by atoms with Crippen molar-refractivity contribution in [2.45, 2.75) is 63.0 Å². The Morgan fingerprint density at radius 1 is 1.03 bits per heavy atom. The first kappa shape index (κ1) is 27.6. The van der Waals surface area contributed by atoms with E-state index in [0.29, 0.717) is 24.0 Å². The molecule has 3 N–H and O–H groups in total. The van der Waals surface area contributed by atoms with Crippen molar-refractivity contribution in [1.82, 2.24) is 0 Å². The lowest BCUT2D eigenvalue weighted by Gasteiger charge is -2.40. The van der Waals surface area contributed by atoms with Gasteiger partial charge >= 0.3 is 5.97 Å². The number of aliphatic hydroxyl groups excluding tert-OH is 3. The number of esters is 1. The summed E-state index contributed by atoms with van der Waals surface area (Å²) >= 11 is 6.16. The fraction of sp³-hybridized carbons (Fsp3) is 0.480. The number of carbonyl (C=O) groups is 1. The first-order valence-corrected chi connectivity index (χ1v) is 15.6. The van der Waals surface area contributed by atoms with E-state index in [9.17, 15) is 20.1 Å². The third-order valence-corrected chi connectivity index (χ3v) is 7.46. The average molecular weight is 525 g/mol. The third kappa shape index (κ3) is 8.28. The van der Waals surface area contributed by atoms with E-state index in [4.69, 9.17) is 30.5 Å². The van der Waals surface area contributed by atoms with E-state index in [1.807, 2.05) is 30.3 Å². The number of halogens is 1. The Hall–Kier alpha value is -1.98. The van der Waals surface area contributed by atoms with Gasteiger partial charge in [-0.05, 0) is 29.8 Å². The topological polar surface area (TPSA) is 115 Å². The summed E-state index contributed by atoms with van der Waals surface area (Å²) in [7, 11) is -1.38. The van der Waals surface area contributed by atoms with E-state index >= 15 is 0 Å². The number of benzene rings is 2. The average Bonchev–Trinajstić information content (AvgIpc) is 2.81. The highest BCUT2D eigenvalue weighted by atomic mass is 35.5. The molecule has 0 amide bonds. The molecule has 3 rings (SSSR count). The summed E-state index contributed by atoms with van der Waals surface area (Å²) in [5.41, 5.74) is 1.12. The first-order chi connectivity index (χ1) is 16.5. The molecule has 192 valence electrons. The Kier molecular flexibility index (Phi) is 9.71. The summed E-state index contributed by atoms with van der Waals surface area (Å²) in [6.07, 6.45) is -6.61. The van der Waals surface area contributed by atoms with Crippen molar-refractivity contribution in [3.63, 3.8) is 0 Å². The van der Waals surface area contributed by atoms with Crippen LogP contribution in [0, 0.1) is 0 Å². The van der Waals surface area contributed by atoms with Crippen molar-refractivity contribution >= 4 is 25.6 Å². The van der Waals surface area contributed by atoms with E-state index < -0.39 is 44.7 Å². The van der Waals surface area contributed by atoms with Crippen LogP contribution in [0.1, 0.15) is 15.9 Å². The molecule has 2 aromatic carbocycles. The molecule has 1 fully saturated rings. The molecule has 8 nitrogen and oxygen atoms in total. The van der Waals surface area contributed by atoms with Gasteiger partial charge in [-0.1, -0.05) is 61.6 Å². The Morgan fingerprint density at radius 3 is 2.43 bits per heavy atom.